The molecule has 0 aliphatic carbocycles. The molecular weight excluding hydrogens is 294 g/mol. The van der Waals surface area contributed by atoms with Crippen LogP contribution in [0.15, 0.2) is 34.8 Å². The summed E-state index contributed by atoms with van der Waals surface area (Å²) in [5.41, 5.74) is 2.69. The second-order valence-corrected chi connectivity index (χ2v) is 5.06. The summed E-state index contributed by atoms with van der Waals surface area (Å²) in [6.45, 7) is 4.08. The minimum absolute atomic E-state index is 0.0801. The number of hydrogen-bond acceptors (Lipinski definition) is 2. The molecule has 1 N–H and O–H groups in total. The average Bonchev–Trinajstić information content (AvgIpc) is 2.61. The molecule has 0 saturated carbocycles. The molecule has 0 atom stereocenters. The Kier molecular flexibility index (Phi) is 3.81. The molecule has 2 rings (SSSR count). The topological polar surface area (TPSA) is 46.9 Å². The van der Waals surface area contributed by atoms with Gasteiger partial charge in [-0.05, 0) is 44.2 Å². The van der Waals surface area contributed by atoms with Gasteiger partial charge in [0.15, 0.2) is 0 Å². The average molecular weight is 308 g/mol. The number of aromatic nitrogens is 2. The molecule has 0 bridgehead atoms. The first-order valence-electron chi connectivity index (χ1n) is 5.61. The lowest BCUT2D eigenvalue weighted by atomic mass is 10.3. The number of nitrogens with zero attached hydrogens (tertiary/aromatic N) is 2. The number of carbonyl (C=O) groups is 1. The van der Waals surface area contributed by atoms with Crippen molar-refractivity contribution >= 4 is 27.5 Å². The SMILES string of the molecule is Cc1cc(C)n(CC(=O)Nc2ccc(Br)cc2)n1. The summed E-state index contributed by atoms with van der Waals surface area (Å²) in [6, 6.07) is 9.43. The lowest BCUT2D eigenvalue weighted by Crippen LogP contribution is -2.20. The van der Waals surface area contributed by atoms with Crippen molar-refractivity contribution < 1.29 is 4.79 Å². The van der Waals surface area contributed by atoms with Gasteiger partial charge in [0, 0.05) is 15.9 Å². The van der Waals surface area contributed by atoms with Gasteiger partial charge in [-0.1, -0.05) is 15.9 Å². The smallest absolute Gasteiger partial charge is 0.246 e. The van der Waals surface area contributed by atoms with E-state index in [4.69, 9.17) is 0 Å². The third kappa shape index (κ3) is 3.20. The van der Waals surface area contributed by atoms with E-state index in [9.17, 15) is 4.79 Å². The molecule has 0 fully saturated rings. The Bertz CT molecular complexity index is 560. The normalized spacial score (nSPS) is 10.4. The molecule has 94 valence electrons. The van der Waals surface area contributed by atoms with Crippen molar-refractivity contribution in [2.24, 2.45) is 0 Å². The first-order valence-corrected chi connectivity index (χ1v) is 6.40. The molecule has 0 radical (unpaired) electrons. The highest BCUT2D eigenvalue weighted by atomic mass is 79.9. The highest BCUT2D eigenvalue weighted by Crippen LogP contribution is 2.14. The van der Waals surface area contributed by atoms with Crippen LogP contribution in [0.1, 0.15) is 11.4 Å². The summed E-state index contributed by atoms with van der Waals surface area (Å²) >= 11 is 3.35. The van der Waals surface area contributed by atoms with Crippen LogP contribution < -0.4 is 5.32 Å². The zero-order valence-electron chi connectivity index (χ0n) is 10.3. The minimum atomic E-state index is -0.0801. The molecule has 1 aromatic carbocycles. The van der Waals surface area contributed by atoms with Crippen LogP contribution in [-0.4, -0.2) is 15.7 Å². The maximum Gasteiger partial charge on any atom is 0.246 e. The maximum atomic E-state index is 11.8. The van der Waals surface area contributed by atoms with E-state index < -0.39 is 0 Å². The first kappa shape index (κ1) is 12.8. The highest BCUT2D eigenvalue weighted by molar-refractivity contribution is 9.10. The molecular formula is C13H14BrN3O. The fraction of sp³-hybridized carbons (Fsp3) is 0.231. The Hall–Kier alpha value is -1.62. The third-order valence-corrected chi connectivity index (χ3v) is 3.05. The first-order chi connectivity index (χ1) is 8.54. The van der Waals surface area contributed by atoms with Crippen molar-refractivity contribution in [2.75, 3.05) is 5.32 Å². The fourth-order valence-corrected chi connectivity index (χ4v) is 1.97. The summed E-state index contributed by atoms with van der Waals surface area (Å²) in [5, 5.41) is 7.09. The summed E-state index contributed by atoms with van der Waals surface area (Å²) in [4.78, 5) is 11.8. The van der Waals surface area contributed by atoms with Crippen LogP contribution in [0.25, 0.3) is 0 Å². The molecule has 0 aliphatic heterocycles. The van der Waals surface area contributed by atoms with Gasteiger partial charge in [-0.25, -0.2) is 0 Å². The summed E-state index contributed by atoms with van der Waals surface area (Å²) in [7, 11) is 0. The van der Waals surface area contributed by atoms with Crippen LogP contribution in [0.2, 0.25) is 0 Å². The van der Waals surface area contributed by atoms with Crippen molar-refractivity contribution in [3.05, 3.63) is 46.2 Å². The van der Waals surface area contributed by atoms with Gasteiger partial charge in [0.1, 0.15) is 6.54 Å². The number of hydrogen-bond donors (Lipinski definition) is 1. The van der Waals surface area contributed by atoms with E-state index in [1.54, 1.807) is 4.68 Å². The van der Waals surface area contributed by atoms with E-state index in [-0.39, 0.29) is 12.5 Å². The van der Waals surface area contributed by atoms with E-state index in [2.05, 4.69) is 26.3 Å². The van der Waals surface area contributed by atoms with Crippen LogP contribution in [-0.2, 0) is 11.3 Å². The maximum absolute atomic E-state index is 11.8. The van der Waals surface area contributed by atoms with Crippen LogP contribution in [0.5, 0.6) is 0 Å². The Morgan fingerprint density at radius 2 is 2.00 bits per heavy atom. The minimum Gasteiger partial charge on any atom is -0.324 e. The summed E-state index contributed by atoms with van der Waals surface area (Å²) < 4.78 is 2.68. The van der Waals surface area contributed by atoms with Crippen LogP contribution in [0, 0.1) is 13.8 Å². The second-order valence-electron chi connectivity index (χ2n) is 4.14. The van der Waals surface area contributed by atoms with Crippen LogP contribution >= 0.6 is 15.9 Å². The van der Waals surface area contributed by atoms with Gasteiger partial charge in [-0.3, -0.25) is 9.48 Å². The predicted molar refractivity (Wildman–Crippen MR) is 74.5 cm³/mol. The Balaban J connectivity index is 2.01. The molecule has 5 heteroatoms. The van der Waals surface area contributed by atoms with Crippen molar-refractivity contribution in [3.8, 4) is 0 Å². The zero-order chi connectivity index (χ0) is 13.1. The number of amides is 1. The molecule has 1 aromatic heterocycles. The van der Waals surface area contributed by atoms with Crippen molar-refractivity contribution in [1.82, 2.24) is 9.78 Å². The van der Waals surface area contributed by atoms with Crippen molar-refractivity contribution in [1.29, 1.82) is 0 Å². The van der Waals surface area contributed by atoms with Gasteiger partial charge in [0.05, 0.1) is 5.69 Å². The quantitative estimate of drug-likeness (QED) is 0.947. The Morgan fingerprint density at radius 1 is 1.33 bits per heavy atom. The Labute approximate surface area is 114 Å². The van der Waals surface area contributed by atoms with Gasteiger partial charge in [0.2, 0.25) is 5.91 Å². The van der Waals surface area contributed by atoms with Crippen molar-refractivity contribution in [2.45, 2.75) is 20.4 Å². The molecule has 0 aliphatic rings. The van der Waals surface area contributed by atoms with E-state index in [1.807, 2.05) is 44.2 Å². The second kappa shape index (κ2) is 5.35. The molecule has 0 saturated heterocycles. The number of benzene rings is 1. The van der Waals surface area contributed by atoms with E-state index >= 15 is 0 Å². The highest BCUT2D eigenvalue weighted by Gasteiger charge is 2.07. The van der Waals surface area contributed by atoms with Gasteiger partial charge in [-0.15, -0.1) is 0 Å². The molecule has 0 unspecified atom stereocenters. The monoisotopic (exact) mass is 307 g/mol. The van der Waals surface area contributed by atoms with Crippen LogP contribution in [0.4, 0.5) is 5.69 Å². The van der Waals surface area contributed by atoms with Gasteiger partial charge < -0.3 is 5.32 Å². The number of aryl methyl sites for hydroxylation is 2. The molecule has 2 aromatic rings. The predicted octanol–water partition coefficient (Wildman–Crippen LogP) is 2.90. The van der Waals surface area contributed by atoms with Gasteiger partial charge in [-0.2, -0.15) is 5.10 Å². The Morgan fingerprint density at radius 3 is 2.56 bits per heavy atom. The van der Waals surface area contributed by atoms with Gasteiger partial charge >= 0.3 is 0 Å². The number of nitrogens with one attached hydrogen (secondary N) is 1. The number of carbonyl (C=O) groups excluding carboxylic acids is 1. The largest absolute Gasteiger partial charge is 0.324 e. The standard InChI is InChI=1S/C13H14BrN3O/c1-9-7-10(2)17(16-9)8-13(18)15-12-5-3-11(14)4-6-12/h3-7H,8H2,1-2H3,(H,15,18). The summed E-state index contributed by atoms with van der Waals surface area (Å²) in [6.07, 6.45) is 0. The lowest BCUT2D eigenvalue weighted by Gasteiger charge is -2.06. The molecule has 0 spiro atoms. The molecule has 4 nitrogen and oxygen atoms in total. The lowest BCUT2D eigenvalue weighted by molar-refractivity contribution is -0.116. The molecule has 1 amide bonds. The fourth-order valence-electron chi connectivity index (χ4n) is 1.70. The van der Waals surface area contributed by atoms with E-state index in [1.165, 1.54) is 0 Å². The molecule has 1 heterocycles. The number of rotatable bonds is 3. The van der Waals surface area contributed by atoms with Gasteiger partial charge in [0.25, 0.3) is 0 Å². The summed E-state index contributed by atoms with van der Waals surface area (Å²) in [5.74, 6) is -0.0801. The zero-order valence-corrected chi connectivity index (χ0v) is 11.9. The number of halogens is 1. The van der Waals surface area contributed by atoms with E-state index in [0.717, 1.165) is 21.5 Å². The van der Waals surface area contributed by atoms with Crippen molar-refractivity contribution in [3.63, 3.8) is 0 Å². The number of anilines is 1. The molecule has 18 heavy (non-hydrogen) atoms. The van der Waals surface area contributed by atoms with Crippen LogP contribution in [0.3, 0.4) is 0 Å². The third-order valence-electron chi connectivity index (χ3n) is 2.52. The van der Waals surface area contributed by atoms with E-state index in [0.29, 0.717) is 0 Å².